The van der Waals surface area contributed by atoms with Crippen LogP contribution >= 0.6 is 0 Å². The van der Waals surface area contributed by atoms with E-state index in [4.69, 9.17) is 4.74 Å². The van der Waals surface area contributed by atoms with Gasteiger partial charge in [-0.15, -0.1) is 0 Å². The highest BCUT2D eigenvalue weighted by molar-refractivity contribution is 5.79. The maximum Gasteiger partial charge on any atom is 0.193 e. The van der Waals surface area contributed by atoms with Crippen molar-refractivity contribution in [3.63, 3.8) is 0 Å². The summed E-state index contributed by atoms with van der Waals surface area (Å²) < 4.78 is 20.4. The molecule has 0 bridgehead atoms. The average Bonchev–Trinajstić information content (AvgIpc) is 2.95. The molecule has 1 aromatic heterocycles. The number of halogens is 1. The normalized spacial score (nSPS) is 12.8. The van der Waals surface area contributed by atoms with Gasteiger partial charge in [0.05, 0.1) is 12.7 Å². The number of nitrogens with one attached hydrogen (secondary N) is 1. The van der Waals surface area contributed by atoms with Crippen molar-refractivity contribution >= 4 is 5.96 Å². The highest BCUT2D eigenvalue weighted by atomic mass is 19.1. The number of aliphatic imine (C=N–C) groups is 1. The molecule has 130 valence electrons. The maximum absolute atomic E-state index is 12.9. The topological polar surface area (TPSA) is 54.7 Å². The summed E-state index contributed by atoms with van der Waals surface area (Å²) in [7, 11) is 5.60. The smallest absolute Gasteiger partial charge is 0.193 e. The summed E-state index contributed by atoms with van der Waals surface area (Å²) in [4.78, 5) is 6.30. The van der Waals surface area contributed by atoms with Gasteiger partial charge < -0.3 is 15.0 Å². The van der Waals surface area contributed by atoms with E-state index in [0.29, 0.717) is 18.8 Å². The largest absolute Gasteiger partial charge is 0.489 e. The Balaban J connectivity index is 1.82. The lowest BCUT2D eigenvalue weighted by atomic mass is 10.3. The van der Waals surface area contributed by atoms with Gasteiger partial charge in [-0.1, -0.05) is 0 Å². The Labute approximate surface area is 141 Å². The van der Waals surface area contributed by atoms with Crippen LogP contribution in [0.1, 0.15) is 12.5 Å². The number of ether oxygens (including phenoxy) is 1. The summed E-state index contributed by atoms with van der Waals surface area (Å²) in [5.74, 6) is 1.14. The Morgan fingerprint density at radius 3 is 2.71 bits per heavy atom. The Kier molecular flexibility index (Phi) is 6.17. The highest BCUT2D eigenvalue weighted by Crippen LogP contribution is 2.12. The Bertz CT molecular complexity index is 668. The van der Waals surface area contributed by atoms with Crippen LogP contribution in [-0.4, -0.2) is 47.4 Å². The minimum Gasteiger partial charge on any atom is -0.489 e. The van der Waals surface area contributed by atoms with Crippen LogP contribution in [0.2, 0.25) is 0 Å². The van der Waals surface area contributed by atoms with E-state index in [-0.39, 0.29) is 11.9 Å². The first-order chi connectivity index (χ1) is 11.5. The fraction of sp³-hybridized carbons (Fsp3) is 0.412. The quantitative estimate of drug-likeness (QED) is 0.649. The number of hydrogen-bond donors (Lipinski definition) is 1. The summed E-state index contributed by atoms with van der Waals surface area (Å²) in [6.45, 7) is 3.24. The Morgan fingerprint density at radius 1 is 1.42 bits per heavy atom. The molecule has 24 heavy (non-hydrogen) atoms. The summed E-state index contributed by atoms with van der Waals surface area (Å²) in [5.41, 5.74) is 1.11. The van der Waals surface area contributed by atoms with Crippen LogP contribution in [0, 0.1) is 5.82 Å². The van der Waals surface area contributed by atoms with E-state index in [2.05, 4.69) is 15.4 Å². The molecule has 0 aliphatic carbocycles. The van der Waals surface area contributed by atoms with Crippen LogP contribution in [0.4, 0.5) is 4.39 Å². The lowest BCUT2D eigenvalue weighted by molar-refractivity contribution is 0.222. The molecule has 1 unspecified atom stereocenters. The Hall–Kier alpha value is -2.57. The molecule has 1 atom stereocenters. The molecule has 1 N–H and O–H groups in total. The number of guanidine groups is 1. The minimum absolute atomic E-state index is 0.0843. The number of aryl methyl sites for hydroxylation is 1. The predicted octanol–water partition coefficient (Wildman–Crippen LogP) is 2.03. The molecule has 1 heterocycles. The average molecular weight is 333 g/mol. The molecule has 2 aromatic rings. The second-order valence-corrected chi connectivity index (χ2v) is 5.69. The molecule has 0 spiro atoms. The predicted molar refractivity (Wildman–Crippen MR) is 92.5 cm³/mol. The third-order valence-electron chi connectivity index (χ3n) is 3.45. The molecular weight excluding hydrogens is 309 g/mol. The van der Waals surface area contributed by atoms with E-state index in [1.807, 2.05) is 38.3 Å². The van der Waals surface area contributed by atoms with Crippen LogP contribution < -0.4 is 10.1 Å². The zero-order chi connectivity index (χ0) is 17.5. The van der Waals surface area contributed by atoms with E-state index in [1.54, 1.807) is 23.9 Å². The van der Waals surface area contributed by atoms with Gasteiger partial charge in [0.2, 0.25) is 0 Å². The molecule has 7 heteroatoms. The van der Waals surface area contributed by atoms with Crippen LogP contribution in [0.5, 0.6) is 5.75 Å². The van der Waals surface area contributed by atoms with Crippen LogP contribution in [0.3, 0.4) is 0 Å². The molecule has 0 saturated carbocycles. The van der Waals surface area contributed by atoms with Gasteiger partial charge in [-0.25, -0.2) is 4.39 Å². The third-order valence-corrected chi connectivity index (χ3v) is 3.45. The van der Waals surface area contributed by atoms with Crippen molar-refractivity contribution in [1.29, 1.82) is 0 Å². The highest BCUT2D eigenvalue weighted by Gasteiger charge is 2.10. The Morgan fingerprint density at radius 2 is 2.12 bits per heavy atom. The number of rotatable bonds is 6. The number of aromatic nitrogens is 2. The molecule has 2 rings (SSSR count). The second kappa shape index (κ2) is 8.33. The van der Waals surface area contributed by atoms with Crippen molar-refractivity contribution in [3.8, 4) is 5.75 Å². The molecule has 1 aromatic carbocycles. The minimum atomic E-state index is -0.273. The molecule has 0 aliphatic rings. The van der Waals surface area contributed by atoms with E-state index in [9.17, 15) is 4.39 Å². The van der Waals surface area contributed by atoms with Crippen LogP contribution in [0.15, 0.2) is 41.7 Å². The van der Waals surface area contributed by atoms with Crippen molar-refractivity contribution in [3.05, 3.63) is 48.0 Å². The van der Waals surface area contributed by atoms with Crippen LogP contribution in [-0.2, 0) is 13.6 Å². The van der Waals surface area contributed by atoms with Crippen molar-refractivity contribution in [2.75, 3.05) is 20.6 Å². The van der Waals surface area contributed by atoms with Gasteiger partial charge in [-0.05, 0) is 31.2 Å². The summed E-state index contributed by atoms with van der Waals surface area (Å²) >= 11 is 0. The summed E-state index contributed by atoms with van der Waals surface area (Å²) in [5, 5.41) is 7.44. The van der Waals surface area contributed by atoms with Gasteiger partial charge in [0.1, 0.15) is 17.7 Å². The van der Waals surface area contributed by atoms with Crippen molar-refractivity contribution in [2.45, 2.75) is 19.6 Å². The number of benzene rings is 1. The SMILES string of the molecule is CN=C(NCC(C)Oc1ccc(F)cc1)N(C)Cc1cnn(C)c1. The number of nitrogens with zero attached hydrogens (tertiary/aromatic N) is 4. The lowest BCUT2D eigenvalue weighted by Gasteiger charge is -2.23. The molecule has 0 amide bonds. The maximum atomic E-state index is 12.9. The monoisotopic (exact) mass is 333 g/mol. The van der Waals surface area contributed by atoms with Gasteiger partial charge in [0.25, 0.3) is 0 Å². The van der Waals surface area contributed by atoms with Crippen molar-refractivity contribution < 1.29 is 9.13 Å². The second-order valence-electron chi connectivity index (χ2n) is 5.69. The fourth-order valence-electron chi connectivity index (χ4n) is 2.31. The zero-order valence-electron chi connectivity index (χ0n) is 14.5. The standard InChI is InChI=1S/C17H24FN5O/c1-13(24-16-7-5-15(18)6-8-16)9-20-17(19-2)22(3)11-14-10-21-23(4)12-14/h5-8,10,12-13H,9,11H2,1-4H3,(H,19,20). The molecule has 0 radical (unpaired) electrons. The van der Waals surface area contributed by atoms with Gasteiger partial charge in [-0.3, -0.25) is 9.67 Å². The van der Waals surface area contributed by atoms with Gasteiger partial charge >= 0.3 is 0 Å². The van der Waals surface area contributed by atoms with E-state index < -0.39 is 0 Å². The van der Waals surface area contributed by atoms with Gasteiger partial charge in [0.15, 0.2) is 5.96 Å². The zero-order valence-corrected chi connectivity index (χ0v) is 14.5. The first-order valence-electron chi connectivity index (χ1n) is 7.79. The van der Waals surface area contributed by atoms with Gasteiger partial charge in [0, 0.05) is 39.4 Å². The lowest BCUT2D eigenvalue weighted by Crippen LogP contribution is -2.42. The van der Waals surface area contributed by atoms with Crippen molar-refractivity contribution in [1.82, 2.24) is 20.0 Å². The fourth-order valence-corrected chi connectivity index (χ4v) is 2.31. The van der Waals surface area contributed by atoms with E-state index in [0.717, 1.165) is 11.5 Å². The molecular formula is C17H24FN5O. The number of hydrogen-bond acceptors (Lipinski definition) is 3. The molecule has 0 aliphatic heterocycles. The third kappa shape index (κ3) is 5.26. The first kappa shape index (κ1) is 17.8. The van der Waals surface area contributed by atoms with E-state index >= 15 is 0 Å². The van der Waals surface area contributed by atoms with Gasteiger partial charge in [-0.2, -0.15) is 5.10 Å². The summed E-state index contributed by atoms with van der Waals surface area (Å²) in [6, 6.07) is 6.01. The molecule has 0 fully saturated rings. The molecule has 6 nitrogen and oxygen atoms in total. The molecule has 0 saturated heterocycles. The first-order valence-corrected chi connectivity index (χ1v) is 7.79. The van der Waals surface area contributed by atoms with E-state index in [1.165, 1.54) is 12.1 Å². The van der Waals surface area contributed by atoms with Crippen molar-refractivity contribution in [2.24, 2.45) is 12.0 Å². The van der Waals surface area contributed by atoms with Crippen LogP contribution in [0.25, 0.3) is 0 Å². The summed E-state index contributed by atoms with van der Waals surface area (Å²) in [6.07, 6.45) is 3.73.